The molecule has 0 aliphatic carbocycles. The van der Waals surface area contributed by atoms with E-state index in [2.05, 4.69) is 53.8 Å². The second-order valence-corrected chi connectivity index (χ2v) is 5.36. The largest absolute Gasteiger partial charge is 0.339 e. The van der Waals surface area contributed by atoms with Crippen LogP contribution in [0.15, 0.2) is 35.1 Å². The van der Waals surface area contributed by atoms with Crippen molar-refractivity contribution >= 4 is 61.6 Å². The summed E-state index contributed by atoms with van der Waals surface area (Å²) in [5.74, 6) is 0.655. The third-order valence-electron chi connectivity index (χ3n) is 1.83. The van der Waals surface area contributed by atoms with Gasteiger partial charge in [-0.25, -0.2) is 9.97 Å². The highest BCUT2D eigenvalue weighted by molar-refractivity contribution is 14.1. The van der Waals surface area contributed by atoms with Crippen molar-refractivity contribution in [2.45, 2.75) is 0 Å². The Bertz CT molecular complexity index is 521. The zero-order chi connectivity index (χ0) is 11.5. The Morgan fingerprint density at radius 2 is 2.12 bits per heavy atom. The number of anilines is 2. The van der Waals surface area contributed by atoms with E-state index in [4.69, 9.17) is 11.6 Å². The average molecular weight is 410 g/mol. The first-order chi connectivity index (χ1) is 7.66. The predicted molar refractivity (Wildman–Crippen MR) is 77.2 cm³/mol. The number of rotatable bonds is 2. The Labute approximate surface area is 120 Å². The van der Waals surface area contributed by atoms with Crippen molar-refractivity contribution in [2.24, 2.45) is 0 Å². The van der Waals surface area contributed by atoms with Gasteiger partial charge in [-0.15, -0.1) is 0 Å². The number of nitrogens with one attached hydrogen (secondary N) is 1. The molecule has 0 aliphatic rings. The van der Waals surface area contributed by atoms with E-state index >= 15 is 0 Å². The maximum Gasteiger partial charge on any atom is 0.149 e. The Morgan fingerprint density at radius 3 is 2.88 bits per heavy atom. The summed E-state index contributed by atoms with van der Waals surface area (Å²) >= 11 is 11.5. The van der Waals surface area contributed by atoms with E-state index in [1.165, 1.54) is 6.33 Å². The van der Waals surface area contributed by atoms with Crippen LogP contribution in [0.25, 0.3) is 0 Å². The van der Waals surface area contributed by atoms with Crippen molar-refractivity contribution in [1.82, 2.24) is 9.97 Å². The summed E-state index contributed by atoms with van der Waals surface area (Å²) in [6.07, 6.45) is 1.42. The van der Waals surface area contributed by atoms with E-state index in [-0.39, 0.29) is 0 Å². The number of benzene rings is 1. The molecule has 0 saturated heterocycles. The van der Waals surface area contributed by atoms with Crippen molar-refractivity contribution in [3.05, 3.63) is 43.8 Å². The van der Waals surface area contributed by atoms with Crippen LogP contribution in [0.5, 0.6) is 0 Å². The van der Waals surface area contributed by atoms with Crippen molar-refractivity contribution in [3.8, 4) is 0 Å². The Hall–Kier alpha value is -0.400. The standard InChI is InChI=1S/C10H6BrClIN3/c11-8-9(12)14-5-15-10(8)16-7-3-1-2-6(13)4-7/h1-5H,(H,14,15,16). The van der Waals surface area contributed by atoms with E-state index in [1.54, 1.807) is 0 Å². The molecule has 0 atom stereocenters. The third kappa shape index (κ3) is 2.83. The molecule has 0 fully saturated rings. The number of hydrogen-bond acceptors (Lipinski definition) is 3. The van der Waals surface area contributed by atoms with Crippen molar-refractivity contribution in [1.29, 1.82) is 0 Å². The molecule has 1 heterocycles. The molecule has 0 saturated carbocycles. The molecule has 0 radical (unpaired) electrons. The second-order valence-electron chi connectivity index (χ2n) is 2.96. The van der Waals surface area contributed by atoms with E-state index in [9.17, 15) is 0 Å². The molecule has 0 bridgehead atoms. The molecule has 3 nitrogen and oxygen atoms in total. The monoisotopic (exact) mass is 409 g/mol. The highest BCUT2D eigenvalue weighted by Gasteiger charge is 2.06. The molecule has 6 heteroatoms. The van der Waals surface area contributed by atoms with E-state index in [0.717, 1.165) is 9.26 Å². The first-order valence-electron chi connectivity index (χ1n) is 4.35. The summed E-state index contributed by atoms with van der Waals surface area (Å²) in [5.41, 5.74) is 0.961. The summed E-state index contributed by atoms with van der Waals surface area (Å²) in [5, 5.41) is 3.56. The van der Waals surface area contributed by atoms with Crippen LogP contribution < -0.4 is 5.32 Å². The summed E-state index contributed by atoms with van der Waals surface area (Å²) in [7, 11) is 0. The molecule has 2 aromatic rings. The minimum absolute atomic E-state index is 0.392. The lowest BCUT2D eigenvalue weighted by molar-refractivity contribution is 1.15. The van der Waals surface area contributed by atoms with Gasteiger partial charge in [0.15, 0.2) is 0 Å². The zero-order valence-corrected chi connectivity index (χ0v) is 12.4. The Morgan fingerprint density at radius 1 is 1.31 bits per heavy atom. The van der Waals surface area contributed by atoms with E-state index < -0.39 is 0 Å². The van der Waals surface area contributed by atoms with E-state index in [0.29, 0.717) is 15.4 Å². The predicted octanol–water partition coefficient (Wildman–Crippen LogP) is 4.24. The third-order valence-corrected chi connectivity index (χ3v) is 3.77. The van der Waals surface area contributed by atoms with Gasteiger partial charge in [0.1, 0.15) is 17.3 Å². The van der Waals surface area contributed by atoms with Crippen molar-refractivity contribution in [2.75, 3.05) is 5.32 Å². The number of nitrogens with zero attached hydrogens (tertiary/aromatic N) is 2. The Balaban J connectivity index is 2.31. The molecule has 82 valence electrons. The topological polar surface area (TPSA) is 37.8 Å². The van der Waals surface area contributed by atoms with Gasteiger partial charge in [-0.05, 0) is 56.7 Å². The molecule has 0 amide bonds. The number of halogens is 3. The van der Waals surface area contributed by atoms with Crippen molar-refractivity contribution in [3.63, 3.8) is 0 Å². The molecule has 1 N–H and O–H groups in total. The minimum atomic E-state index is 0.392. The smallest absolute Gasteiger partial charge is 0.149 e. The van der Waals surface area contributed by atoms with Gasteiger partial charge in [0, 0.05) is 9.26 Å². The van der Waals surface area contributed by atoms with Gasteiger partial charge < -0.3 is 5.32 Å². The lowest BCUT2D eigenvalue weighted by atomic mass is 10.3. The molecule has 1 aromatic carbocycles. The summed E-state index contributed by atoms with van der Waals surface area (Å²) in [6.45, 7) is 0. The van der Waals surface area contributed by atoms with E-state index in [1.807, 2.05) is 24.3 Å². The van der Waals surface area contributed by atoms with Crippen LogP contribution in [0.2, 0.25) is 5.15 Å². The lowest BCUT2D eigenvalue weighted by Crippen LogP contribution is -1.96. The summed E-state index contributed by atoms with van der Waals surface area (Å²) in [4.78, 5) is 7.97. The van der Waals surface area contributed by atoms with Gasteiger partial charge in [0.05, 0.1) is 4.47 Å². The first-order valence-corrected chi connectivity index (χ1v) is 6.60. The quantitative estimate of drug-likeness (QED) is 0.595. The average Bonchev–Trinajstić information content (AvgIpc) is 2.25. The number of aromatic nitrogens is 2. The Kier molecular flexibility index (Phi) is 3.99. The summed E-state index contributed by atoms with van der Waals surface area (Å²) < 4.78 is 1.81. The summed E-state index contributed by atoms with van der Waals surface area (Å²) in [6, 6.07) is 7.97. The molecular weight excluding hydrogens is 404 g/mol. The lowest BCUT2D eigenvalue weighted by Gasteiger charge is -2.07. The molecule has 16 heavy (non-hydrogen) atoms. The van der Waals surface area contributed by atoms with Gasteiger partial charge in [0.2, 0.25) is 0 Å². The van der Waals surface area contributed by atoms with Crippen LogP contribution in [-0.4, -0.2) is 9.97 Å². The highest BCUT2D eigenvalue weighted by atomic mass is 127. The molecule has 0 unspecified atom stereocenters. The fraction of sp³-hybridized carbons (Fsp3) is 0. The van der Waals surface area contributed by atoms with Crippen LogP contribution in [0.1, 0.15) is 0 Å². The first kappa shape index (κ1) is 12.1. The van der Waals surface area contributed by atoms with Crippen molar-refractivity contribution < 1.29 is 0 Å². The fourth-order valence-corrected chi connectivity index (χ4v) is 2.12. The van der Waals surface area contributed by atoms with Gasteiger partial charge in [-0.1, -0.05) is 17.7 Å². The van der Waals surface area contributed by atoms with Crippen LogP contribution >= 0.6 is 50.1 Å². The SMILES string of the molecule is Clc1ncnc(Nc2cccc(I)c2)c1Br. The zero-order valence-electron chi connectivity index (χ0n) is 7.92. The minimum Gasteiger partial charge on any atom is -0.339 e. The highest BCUT2D eigenvalue weighted by Crippen LogP contribution is 2.28. The second kappa shape index (κ2) is 5.29. The van der Waals surface area contributed by atoms with Gasteiger partial charge in [0.25, 0.3) is 0 Å². The maximum absolute atomic E-state index is 5.87. The fourth-order valence-electron chi connectivity index (χ4n) is 1.14. The normalized spacial score (nSPS) is 10.2. The molecule has 0 spiro atoms. The van der Waals surface area contributed by atoms with Gasteiger partial charge in [-0.3, -0.25) is 0 Å². The molecule has 0 aliphatic heterocycles. The molecule has 2 rings (SSSR count). The number of hydrogen-bond donors (Lipinski definition) is 1. The molecule has 1 aromatic heterocycles. The van der Waals surface area contributed by atoms with Crippen LogP contribution in [0, 0.1) is 3.57 Å². The van der Waals surface area contributed by atoms with Gasteiger partial charge >= 0.3 is 0 Å². The van der Waals surface area contributed by atoms with Crippen LogP contribution in [0.4, 0.5) is 11.5 Å². The van der Waals surface area contributed by atoms with Crippen LogP contribution in [0.3, 0.4) is 0 Å². The van der Waals surface area contributed by atoms with Crippen LogP contribution in [-0.2, 0) is 0 Å². The van der Waals surface area contributed by atoms with Gasteiger partial charge in [-0.2, -0.15) is 0 Å². The maximum atomic E-state index is 5.87. The molecular formula is C10H6BrClIN3.